The van der Waals surface area contributed by atoms with Crippen molar-refractivity contribution in [3.8, 4) is 0 Å². The number of hydrogen-bond donors (Lipinski definition) is 1. The Morgan fingerprint density at radius 1 is 1.44 bits per heavy atom. The van der Waals surface area contributed by atoms with Crippen LogP contribution in [0.4, 0.5) is 0 Å². The third-order valence-corrected chi connectivity index (χ3v) is 5.26. The second-order valence-corrected chi connectivity index (χ2v) is 6.68. The number of thiophene rings is 1. The van der Waals surface area contributed by atoms with Crippen LogP contribution in [0.5, 0.6) is 0 Å². The van der Waals surface area contributed by atoms with Crippen molar-refractivity contribution in [3.63, 3.8) is 0 Å². The summed E-state index contributed by atoms with van der Waals surface area (Å²) in [6.07, 6.45) is 2.95. The molecule has 0 aliphatic heterocycles. The van der Waals surface area contributed by atoms with Crippen molar-refractivity contribution in [1.82, 2.24) is 15.1 Å². The van der Waals surface area contributed by atoms with Crippen LogP contribution in [0, 0.1) is 0 Å². The molecule has 0 aliphatic carbocycles. The van der Waals surface area contributed by atoms with Gasteiger partial charge in [-0.3, -0.25) is 4.68 Å². The summed E-state index contributed by atoms with van der Waals surface area (Å²) in [5.74, 6) is 0. The van der Waals surface area contributed by atoms with Gasteiger partial charge in [-0.1, -0.05) is 6.92 Å². The van der Waals surface area contributed by atoms with Gasteiger partial charge in [0, 0.05) is 16.4 Å². The Balaban J connectivity index is 2.40. The van der Waals surface area contributed by atoms with Crippen LogP contribution in [-0.4, -0.2) is 16.3 Å². The Morgan fingerprint density at radius 2 is 2.22 bits per heavy atom. The first-order valence-corrected chi connectivity index (χ1v) is 8.25. The Bertz CT molecular complexity index is 502. The molecule has 18 heavy (non-hydrogen) atoms. The maximum Gasteiger partial charge on any atom is 0.0864 e. The first kappa shape index (κ1) is 14.2. The molecule has 0 saturated carbocycles. The van der Waals surface area contributed by atoms with E-state index < -0.39 is 0 Å². The third-order valence-electron chi connectivity index (χ3n) is 2.72. The van der Waals surface area contributed by atoms with Gasteiger partial charge < -0.3 is 5.32 Å². The third kappa shape index (κ3) is 2.87. The zero-order valence-corrected chi connectivity index (χ0v) is 14.3. The first-order chi connectivity index (χ1) is 8.65. The highest BCUT2D eigenvalue weighted by Crippen LogP contribution is 2.35. The normalized spacial score (nSPS) is 12.9. The molecule has 0 fully saturated rings. The van der Waals surface area contributed by atoms with Crippen LogP contribution < -0.4 is 5.32 Å². The van der Waals surface area contributed by atoms with Crippen molar-refractivity contribution in [3.05, 3.63) is 37.2 Å². The summed E-state index contributed by atoms with van der Waals surface area (Å²) in [5, 5.41) is 9.99. The highest BCUT2D eigenvalue weighted by atomic mass is 79.9. The van der Waals surface area contributed by atoms with Crippen molar-refractivity contribution < 1.29 is 0 Å². The number of rotatable bonds is 5. The zero-order chi connectivity index (χ0) is 13.1. The number of aromatic nitrogens is 2. The number of nitrogens with zero attached hydrogens (tertiary/aromatic N) is 2. The van der Waals surface area contributed by atoms with E-state index in [1.54, 1.807) is 11.3 Å². The van der Waals surface area contributed by atoms with Crippen molar-refractivity contribution in [2.45, 2.75) is 19.4 Å². The van der Waals surface area contributed by atoms with E-state index in [-0.39, 0.29) is 6.04 Å². The van der Waals surface area contributed by atoms with Crippen molar-refractivity contribution in [2.24, 2.45) is 7.05 Å². The first-order valence-electron chi connectivity index (χ1n) is 5.78. The summed E-state index contributed by atoms with van der Waals surface area (Å²) in [5.41, 5.74) is 1.16. The molecule has 0 aliphatic rings. The van der Waals surface area contributed by atoms with Crippen LogP contribution in [0.2, 0.25) is 0 Å². The average Bonchev–Trinajstić information content (AvgIpc) is 2.90. The Kier molecular flexibility index (Phi) is 5.00. The largest absolute Gasteiger partial charge is 0.304 e. The molecule has 0 radical (unpaired) electrons. The van der Waals surface area contributed by atoms with Gasteiger partial charge in [-0.2, -0.15) is 5.10 Å². The lowest BCUT2D eigenvalue weighted by molar-refractivity contribution is 0.557. The van der Waals surface area contributed by atoms with Crippen LogP contribution >= 0.6 is 43.2 Å². The van der Waals surface area contributed by atoms with Crippen molar-refractivity contribution in [2.75, 3.05) is 6.54 Å². The van der Waals surface area contributed by atoms with Gasteiger partial charge in [-0.05, 0) is 56.3 Å². The highest BCUT2D eigenvalue weighted by molar-refractivity contribution is 9.10. The quantitative estimate of drug-likeness (QED) is 0.830. The van der Waals surface area contributed by atoms with Gasteiger partial charge in [0.25, 0.3) is 0 Å². The van der Waals surface area contributed by atoms with E-state index in [1.807, 2.05) is 17.9 Å². The molecule has 0 spiro atoms. The van der Waals surface area contributed by atoms with E-state index in [2.05, 4.69) is 60.6 Å². The lowest BCUT2D eigenvalue weighted by Gasteiger charge is -2.19. The lowest BCUT2D eigenvalue weighted by atomic mass is 10.1. The minimum Gasteiger partial charge on any atom is -0.304 e. The molecular formula is C12H15Br2N3S. The van der Waals surface area contributed by atoms with E-state index in [0.717, 1.165) is 27.6 Å². The molecule has 0 amide bonds. The molecule has 2 aromatic heterocycles. The van der Waals surface area contributed by atoms with Crippen LogP contribution in [-0.2, 0) is 7.05 Å². The van der Waals surface area contributed by atoms with Gasteiger partial charge in [0.1, 0.15) is 0 Å². The maximum atomic E-state index is 4.30. The molecule has 1 N–H and O–H groups in total. The van der Waals surface area contributed by atoms with Gasteiger partial charge >= 0.3 is 0 Å². The van der Waals surface area contributed by atoms with Crippen LogP contribution in [0.1, 0.15) is 30.0 Å². The van der Waals surface area contributed by atoms with E-state index in [4.69, 9.17) is 0 Å². The smallest absolute Gasteiger partial charge is 0.0864 e. The fraction of sp³-hybridized carbons (Fsp3) is 0.417. The molecule has 0 aromatic carbocycles. The highest BCUT2D eigenvalue weighted by Gasteiger charge is 2.23. The summed E-state index contributed by atoms with van der Waals surface area (Å²) in [7, 11) is 1.97. The fourth-order valence-corrected chi connectivity index (χ4v) is 4.11. The molecule has 3 nitrogen and oxygen atoms in total. The summed E-state index contributed by atoms with van der Waals surface area (Å²) >= 11 is 8.96. The zero-order valence-electron chi connectivity index (χ0n) is 10.3. The SMILES string of the molecule is CCCNC(c1sccc1Br)c1c(Br)cnn1C. The van der Waals surface area contributed by atoms with Crippen LogP contribution in [0.25, 0.3) is 0 Å². The average molecular weight is 393 g/mol. The van der Waals surface area contributed by atoms with E-state index in [0.29, 0.717) is 0 Å². The molecule has 6 heteroatoms. The summed E-state index contributed by atoms with van der Waals surface area (Å²) in [6, 6.07) is 2.26. The molecule has 0 bridgehead atoms. The molecule has 0 saturated heterocycles. The summed E-state index contributed by atoms with van der Waals surface area (Å²) in [4.78, 5) is 1.28. The number of nitrogens with one attached hydrogen (secondary N) is 1. The molecule has 1 unspecified atom stereocenters. The van der Waals surface area contributed by atoms with Gasteiger partial charge in [-0.25, -0.2) is 0 Å². The minimum atomic E-state index is 0.168. The van der Waals surface area contributed by atoms with Crippen molar-refractivity contribution in [1.29, 1.82) is 0 Å². The number of aryl methyl sites for hydroxylation is 1. The second-order valence-electron chi connectivity index (χ2n) is 4.02. The topological polar surface area (TPSA) is 29.9 Å². The molecule has 2 heterocycles. The van der Waals surface area contributed by atoms with E-state index >= 15 is 0 Å². The van der Waals surface area contributed by atoms with Gasteiger partial charge in [-0.15, -0.1) is 11.3 Å². The summed E-state index contributed by atoms with van der Waals surface area (Å²) in [6.45, 7) is 3.15. The Hall–Kier alpha value is -0.170. The van der Waals surface area contributed by atoms with E-state index in [1.165, 1.54) is 4.88 Å². The minimum absolute atomic E-state index is 0.168. The van der Waals surface area contributed by atoms with Gasteiger partial charge in [0.05, 0.1) is 22.4 Å². The number of hydrogen-bond acceptors (Lipinski definition) is 3. The predicted molar refractivity (Wildman–Crippen MR) is 83.1 cm³/mol. The predicted octanol–water partition coefficient (Wildman–Crippen LogP) is 4.10. The Labute approximate surface area is 128 Å². The number of halogens is 2. The standard InChI is InChI=1S/C12H15Br2N3S/c1-3-5-15-10(12-8(13)4-6-18-12)11-9(14)7-16-17(11)2/h4,6-7,10,15H,3,5H2,1-2H3. The second kappa shape index (κ2) is 6.32. The fourth-order valence-electron chi connectivity index (χ4n) is 1.86. The van der Waals surface area contributed by atoms with Gasteiger partial charge in [0.2, 0.25) is 0 Å². The summed E-state index contributed by atoms with van der Waals surface area (Å²) < 4.78 is 4.11. The van der Waals surface area contributed by atoms with Crippen LogP contribution in [0.3, 0.4) is 0 Å². The molecular weight excluding hydrogens is 378 g/mol. The Morgan fingerprint density at radius 3 is 2.72 bits per heavy atom. The van der Waals surface area contributed by atoms with Crippen LogP contribution in [0.15, 0.2) is 26.6 Å². The lowest BCUT2D eigenvalue weighted by Crippen LogP contribution is -2.25. The van der Waals surface area contributed by atoms with Crippen molar-refractivity contribution >= 4 is 43.2 Å². The monoisotopic (exact) mass is 391 g/mol. The van der Waals surface area contributed by atoms with E-state index in [9.17, 15) is 0 Å². The molecule has 2 aromatic rings. The molecule has 98 valence electrons. The maximum absolute atomic E-state index is 4.30. The molecule has 2 rings (SSSR count). The van der Waals surface area contributed by atoms with Gasteiger partial charge in [0.15, 0.2) is 0 Å². The molecule has 1 atom stereocenters.